The van der Waals surface area contributed by atoms with Gasteiger partial charge in [-0.05, 0) is 67.6 Å². The van der Waals surface area contributed by atoms with Crippen LogP contribution in [0.5, 0.6) is 0 Å². The molecule has 1 aromatic heterocycles. The van der Waals surface area contributed by atoms with Crippen molar-refractivity contribution in [3.63, 3.8) is 0 Å². The summed E-state index contributed by atoms with van der Waals surface area (Å²) < 4.78 is 23.0. The maximum Gasteiger partial charge on any atom is 0.475 e. The highest BCUT2D eigenvalue weighted by atomic mass is 28.4. The molecule has 1 aromatic carbocycles. The number of rotatable bonds is 6. The highest BCUT2D eigenvalue weighted by Crippen LogP contribution is 2.66. The van der Waals surface area contributed by atoms with Crippen molar-refractivity contribution in [2.45, 2.75) is 104 Å². The molecule has 1 unspecified atom stereocenters. The summed E-state index contributed by atoms with van der Waals surface area (Å²) in [5, 5.41) is 1.27. The topological polar surface area (TPSA) is 34.8 Å². The van der Waals surface area contributed by atoms with Gasteiger partial charge in [0.05, 0.1) is 18.0 Å². The van der Waals surface area contributed by atoms with E-state index in [0.29, 0.717) is 11.3 Å². The first-order chi connectivity index (χ1) is 15.6. The van der Waals surface area contributed by atoms with Crippen LogP contribution in [0.1, 0.15) is 44.7 Å². The molecule has 3 aliphatic carbocycles. The van der Waals surface area contributed by atoms with E-state index in [1.165, 1.54) is 22.9 Å². The second-order valence-corrected chi connectivity index (χ2v) is 24.1. The van der Waals surface area contributed by atoms with Gasteiger partial charge in [-0.25, -0.2) is 0 Å². The second-order valence-electron chi connectivity index (χ2n) is 14.0. The van der Waals surface area contributed by atoms with Crippen molar-refractivity contribution in [3.8, 4) is 0 Å². The number of hydrogen-bond acceptors (Lipinski definition) is 4. The minimum absolute atomic E-state index is 0.180. The summed E-state index contributed by atoms with van der Waals surface area (Å²) in [5.74, 6) is 1.54. The zero-order valence-electron chi connectivity index (χ0n) is 23.0. The number of fused-ring (bicyclic) bond motifs is 1. The smallest absolute Gasteiger partial charge is 0.464 e. The fourth-order valence-corrected chi connectivity index (χ4v) is 18.6. The third-order valence-corrected chi connectivity index (χ3v) is 17.0. The van der Waals surface area contributed by atoms with Crippen molar-refractivity contribution < 1.29 is 13.7 Å². The molecule has 4 aliphatic rings. The summed E-state index contributed by atoms with van der Waals surface area (Å²) in [6, 6.07) is 6.36. The van der Waals surface area contributed by atoms with Gasteiger partial charge in [-0.15, -0.1) is 0 Å². The van der Waals surface area contributed by atoms with Crippen LogP contribution in [0, 0.1) is 24.2 Å². The van der Waals surface area contributed by atoms with Crippen molar-refractivity contribution in [1.29, 1.82) is 0 Å². The van der Waals surface area contributed by atoms with Crippen molar-refractivity contribution in [2.75, 3.05) is 0 Å². The first-order valence-corrected chi connectivity index (χ1v) is 20.1. The molecule has 4 nitrogen and oxygen atoms in total. The van der Waals surface area contributed by atoms with E-state index in [0.717, 1.165) is 24.3 Å². The van der Waals surface area contributed by atoms with Gasteiger partial charge in [-0.1, -0.05) is 65.3 Å². The molecule has 7 heteroatoms. The molecule has 6 rings (SSSR count). The standard InChI is InChI=1S/C27H44BNO3Si2/c1-18-12-11-13-21-25(18)19(17-30-21)14-24(29(33(5,6)7)34(8,9)10)28-31-23-16-20-15-22(26(20,2)3)27(23,4)32-28/h11-13,17,20,22-24H,14-16H2,1-10H3/t20-,22?,23+,24-,27-/m0/s1. The lowest BCUT2D eigenvalue weighted by molar-refractivity contribution is -0.199. The van der Waals surface area contributed by atoms with E-state index < -0.39 is 16.5 Å². The summed E-state index contributed by atoms with van der Waals surface area (Å²) in [7, 11) is -3.54. The summed E-state index contributed by atoms with van der Waals surface area (Å²) in [6.07, 6.45) is 5.53. The molecule has 0 spiro atoms. The predicted octanol–water partition coefficient (Wildman–Crippen LogP) is 6.89. The van der Waals surface area contributed by atoms with E-state index in [1.807, 2.05) is 6.26 Å². The van der Waals surface area contributed by atoms with Crippen molar-refractivity contribution in [1.82, 2.24) is 4.23 Å². The average molecular weight is 498 g/mol. The number of furan rings is 1. The zero-order chi connectivity index (χ0) is 24.8. The van der Waals surface area contributed by atoms with Gasteiger partial charge in [0.2, 0.25) is 0 Å². The van der Waals surface area contributed by atoms with Gasteiger partial charge >= 0.3 is 7.12 Å². The van der Waals surface area contributed by atoms with E-state index in [2.05, 4.69) is 89.4 Å². The Bertz CT molecular complexity index is 1070. The highest BCUT2D eigenvalue weighted by Gasteiger charge is 2.69. The molecule has 0 amide bonds. The maximum atomic E-state index is 7.11. The van der Waals surface area contributed by atoms with Crippen LogP contribution < -0.4 is 0 Å². The van der Waals surface area contributed by atoms with Gasteiger partial charge in [0.25, 0.3) is 0 Å². The van der Waals surface area contributed by atoms with Crippen LogP contribution in [0.2, 0.25) is 39.3 Å². The van der Waals surface area contributed by atoms with Crippen LogP contribution in [0.3, 0.4) is 0 Å². The molecule has 0 N–H and O–H groups in total. The summed E-state index contributed by atoms with van der Waals surface area (Å²) in [6.45, 7) is 24.3. The lowest BCUT2D eigenvalue weighted by Crippen LogP contribution is -2.68. The molecule has 1 saturated heterocycles. The molecule has 4 fully saturated rings. The molecule has 1 aliphatic heterocycles. The lowest BCUT2D eigenvalue weighted by atomic mass is 9.43. The number of nitrogens with zero attached hydrogens (tertiary/aromatic N) is 1. The third kappa shape index (κ3) is 3.73. The van der Waals surface area contributed by atoms with Crippen molar-refractivity contribution in [3.05, 3.63) is 35.6 Å². The van der Waals surface area contributed by atoms with Crippen LogP contribution in [0.15, 0.2) is 28.9 Å². The fraction of sp³-hybridized carbons (Fsp3) is 0.704. The fourth-order valence-electron chi connectivity index (χ4n) is 8.09. The largest absolute Gasteiger partial charge is 0.475 e. The molecule has 5 atom stereocenters. The summed E-state index contributed by atoms with van der Waals surface area (Å²) in [4.78, 5) is 0. The zero-order valence-corrected chi connectivity index (χ0v) is 25.0. The lowest BCUT2D eigenvalue weighted by Gasteiger charge is -2.64. The Kier molecular flexibility index (Phi) is 5.71. The van der Waals surface area contributed by atoms with Gasteiger partial charge < -0.3 is 18.0 Å². The van der Waals surface area contributed by atoms with E-state index in [4.69, 9.17) is 13.7 Å². The minimum atomic E-state index is -1.67. The number of benzene rings is 1. The van der Waals surface area contributed by atoms with Gasteiger partial charge in [-0.3, -0.25) is 0 Å². The van der Waals surface area contributed by atoms with Crippen LogP contribution >= 0.6 is 0 Å². The molecule has 0 radical (unpaired) electrons. The highest BCUT2D eigenvalue weighted by molar-refractivity contribution is 6.90. The first-order valence-electron chi connectivity index (χ1n) is 13.2. The summed E-state index contributed by atoms with van der Waals surface area (Å²) in [5.41, 5.74) is 3.73. The van der Waals surface area contributed by atoms with Crippen LogP contribution in [0.25, 0.3) is 11.0 Å². The monoisotopic (exact) mass is 497 g/mol. The van der Waals surface area contributed by atoms with Gasteiger partial charge in [0.1, 0.15) is 22.1 Å². The van der Waals surface area contributed by atoms with Gasteiger partial charge in [0.15, 0.2) is 0 Å². The van der Waals surface area contributed by atoms with Crippen LogP contribution in [-0.4, -0.2) is 45.5 Å². The molecule has 2 bridgehead atoms. The first kappa shape index (κ1) is 24.8. The Morgan fingerprint density at radius 3 is 2.35 bits per heavy atom. The van der Waals surface area contributed by atoms with Crippen molar-refractivity contribution in [2.24, 2.45) is 17.3 Å². The predicted molar refractivity (Wildman–Crippen MR) is 147 cm³/mol. The van der Waals surface area contributed by atoms with Crippen LogP contribution in [-0.2, 0) is 15.7 Å². The Hall–Kier alpha value is -0.861. The third-order valence-electron chi connectivity index (χ3n) is 9.37. The normalized spacial score (nSPS) is 31.6. The van der Waals surface area contributed by atoms with E-state index in [1.54, 1.807) is 0 Å². The van der Waals surface area contributed by atoms with E-state index in [9.17, 15) is 0 Å². The molecule has 2 aromatic rings. The van der Waals surface area contributed by atoms with Crippen LogP contribution in [0.4, 0.5) is 0 Å². The van der Waals surface area contributed by atoms with Crippen molar-refractivity contribution >= 4 is 34.6 Å². The average Bonchev–Trinajstić information content (AvgIpc) is 3.26. The Morgan fingerprint density at radius 2 is 1.74 bits per heavy atom. The second kappa shape index (κ2) is 7.82. The minimum Gasteiger partial charge on any atom is -0.464 e. The Labute approximate surface area is 209 Å². The molecule has 34 heavy (non-hydrogen) atoms. The SMILES string of the molecule is Cc1cccc2occ(C[C@@H](B3O[C@@H]4C[C@@H]5CC(C5(C)C)[C@]4(C)O3)N([Si](C)(C)C)[Si](C)(C)C)c12. The van der Waals surface area contributed by atoms with Gasteiger partial charge in [0, 0.05) is 11.3 Å². The summed E-state index contributed by atoms with van der Waals surface area (Å²) >= 11 is 0. The molecular weight excluding hydrogens is 453 g/mol. The molecule has 186 valence electrons. The van der Waals surface area contributed by atoms with Gasteiger partial charge in [-0.2, -0.15) is 0 Å². The van der Waals surface area contributed by atoms with E-state index >= 15 is 0 Å². The Balaban J connectivity index is 1.55. The molecular formula is C27H44BNO3Si2. The molecule has 3 saturated carbocycles. The number of aryl methyl sites for hydroxylation is 1. The van der Waals surface area contributed by atoms with E-state index in [-0.39, 0.29) is 24.8 Å². The quantitative estimate of drug-likeness (QED) is 0.407. The Morgan fingerprint density at radius 1 is 1.06 bits per heavy atom. The number of hydrogen-bond donors (Lipinski definition) is 0. The molecule has 2 heterocycles. The maximum absolute atomic E-state index is 7.11.